The molecule has 0 spiro atoms. The second kappa shape index (κ2) is 7.80. The minimum Gasteiger partial charge on any atom is -0.341 e. The summed E-state index contributed by atoms with van der Waals surface area (Å²) < 4.78 is 0. The van der Waals surface area contributed by atoms with E-state index in [4.69, 9.17) is 5.26 Å². The first kappa shape index (κ1) is 15.5. The first-order valence-electron chi connectivity index (χ1n) is 7.65. The first-order valence-corrected chi connectivity index (χ1v) is 7.65. The van der Waals surface area contributed by atoms with Gasteiger partial charge in [0.15, 0.2) is 0 Å². The lowest BCUT2D eigenvalue weighted by molar-refractivity contribution is -0.130. The molecule has 1 saturated heterocycles. The molecule has 0 aliphatic carbocycles. The fraction of sp³-hybridized carbons (Fsp3) is 0.529. The quantitative estimate of drug-likeness (QED) is 0.904. The van der Waals surface area contributed by atoms with Crippen molar-refractivity contribution in [2.75, 3.05) is 13.6 Å². The average Bonchev–Trinajstić information content (AvgIpc) is 2.53. The number of carbonyl (C=O) groups is 1. The van der Waals surface area contributed by atoms with Crippen molar-refractivity contribution < 1.29 is 4.79 Å². The molecule has 1 aliphatic heterocycles. The number of piperidine rings is 1. The predicted octanol–water partition coefficient (Wildman–Crippen LogP) is 2.44. The molecule has 1 unspecified atom stereocenters. The van der Waals surface area contributed by atoms with Crippen molar-refractivity contribution in [1.29, 1.82) is 5.26 Å². The fourth-order valence-electron chi connectivity index (χ4n) is 2.76. The zero-order valence-corrected chi connectivity index (χ0v) is 12.6. The number of hydrogen-bond donors (Lipinski definition) is 1. The summed E-state index contributed by atoms with van der Waals surface area (Å²) >= 11 is 0. The number of amides is 1. The van der Waals surface area contributed by atoms with Gasteiger partial charge in [-0.1, -0.05) is 18.6 Å². The Kier molecular flexibility index (Phi) is 5.77. The molecule has 4 nitrogen and oxygen atoms in total. The van der Waals surface area contributed by atoms with Crippen LogP contribution in [-0.2, 0) is 11.3 Å². The molecule has 1 aromatic rings. The van der Waals surface area contributed by atoms with E-state index < -0.39 is 0 Å². The van der Waals surface area contributed by atoms with Crippen molar-refractivity contribution in [1.82, 2.24) is 10.2 Å². The van der Waals surface area contributed by atoms with Crippen LogP contribution in [0.2, 0.25) is 0 Å². The monoisotopic (exact) mass is 285 g/mol. The molecule has 0 saturated carbocycles. The van der Waals surface area contributed by atoms with Gasteiger partial charge in [0, 0.05) is 26.1 Å². The normalized spacial score (nSPS) is 18.0. The van der Waals surface area contributed by atoms with Crippen molar-refractivity contribution in [3.8, 4) is 6.07 Å². The van der Waals surface area contributed by atoms with Crippen molar-refractivity contribution >= 4 is 5.91 Å². The molecule has 1 heterocycles. The van der Waals surface area contributed by atoms with Crippen LogP contribution in [0.25, 0.3) is 0 Å². The minimum absolute atomic E-state index is 0.171. The Balaban J connectivity index is 1.80. The Labute approximate surface area is 126 Å². The lowest BCUT2D eigenvalue weighted by atomic mass is 10.0. The van der Waals surface area contributed by atoms with E-state index in [0.29, 0.717) is 24.6 Å². The molecule has 1 N–H and O–H groups in total. The molecule has 112 valence electrons. The maximum absolute atomic E-state index is 12.2. The van der Waals surface area contributed by atoms with Crippen LogP contribution in [0.3, 0.4) is 0 Å². The molecule has 0 bridgehead atoms. The maximum Gasteiger partial charge on any atom is 0.222 e. The Morgan fingerprint density at radius 2 is 2.33 bits per heavy atom. The van der Waals surface area contributed by atoms with E-state index in [1.54, 1.807) is 11.0 Å². The molecule has 0 radical (unpaired) electrons. The molecular weight excluding hydrogens is 262 g/mol. The third kappa shape index (κ3) is 4.87. The minimum atomic E-state index is 0.171. The van der Waals surface area contributed by atoms with E-state index in [-0.39, 0.29) is 5.91 Å². The number of hydrogen-bond acceptors (Lipinski definition) is 3. The van der Waals surface area contributed by atoms with Crippen LogP contribution < -0.4 is 5.32 Å². The van der Waals surface area contributed by atoms with Crippen LogP contribution in [0.15, 0.2) is 24.3 Å². The van der Waals surface area contributed by atoms with Gasteiger partial charge in [-0.25, -0.2) is 0 Å². The average molecular weight is 285 g/mol. The van der Waals surface area contributed by atoms with E-state index >= 15 is 0 Å². The number of rotatable bonds is 5. The van der Waals surface area contributed by atoms with Crippen molar-refractivity contribution in [2.45, 2.75) is 44.7 Å². The lowest BCUT2D eigenvalue weighted by Crippen LogP contribution is -2.35. The van der Waals surface area contributed by atoms with Gasteiger partial charge in [0.1, 0.15) is 0 Å². The molecule has 1 amide bonds. The second-order valence-electron chi connectivity index (χ2n) is 5.75. The molecule has 2 rings (SSSR count). The zero-order chi connectivity index (χ0) is 15.1. The second-order valence-corrected chi connectivity index (χ2v) is 5.75. The van der Waals surface area contributed by atoms with Gasteiger partial charge in [-0.15, -0.1) is 0 Å². The summed E-state index contributed by atoms with van der Waals surface area (Å²) in [5.41, 5.74) is 1.64. The lowest BCUT2D eigenvalue weighted by Gasteiger charge is -2.24. The summed E-state index contributed by atoms with van der Waals surface area (Å²) in [5, 5.41) is 12.4. The van der Waals surface area contributed by atoms with E-state index in [1.807, 2.05) is 25.2 Å². The molecule has 1 atom stereocenters. The van der Waals surface area contributed by atoms with Gasteiger partial charge >= 0.3 is 0 Å². The van der Waals surface area contributed by atoms with E-state index in [2.05, 4.69) is 11.4 Å². The summed E-state index contributed by atoms with van der Waals surface area (Å²) in [6, 6.07) is 10.1. The van der Waals surface area contributed by atoms with Crippen LogP contribution >= 0.6 is 0 Å². The molecule has 21 heavy (non-hydrogen) atoms. The van der Waals surface area contributed by atoms with Crippen LogP contribution in [0.5, 0.6) is 0 Å². The van der Waals surface area contributed by atoms with Crippen LogP contribution in [0.1, 0.15) is 43.2 Å². The van der Waals surface area contributed by atoms with E-state index in [9.17, 15) is 4.79 Å². The van der Waals surface area contributed by atoms with Crippen molar-refractivity contribution in [3.63, 3.8) is 0 Å². The number of carbonyl (C=O) groups excluding carboxylic acids is 1. The summed E-state index contributed by atoms with van der Waals surface area (Å²) in [6.45, 7) is 1.64. The smallest absolute Gasteiger partial charge is 0.222 e. The van der Waals surface area contributed by atoms with E-state index in [0.717, 1.165) is 18.5 Å². The van der Waals surface area contributed by atoms with Crippen molar-refractivity contribution in [2.24, 2.45) is 0 Å². The van der Waals surface area contributed by atoms with Gasteiger partial charge in [0.25, 0.3) is 0 Å². The van der Waals surface area contributed by atoms with Crippen molar-refractivity contribution in [3.05, 3.63) is 35.4 Å². The van der Waals surface area contributed by atoms with Gasteiger partial charge in [-0.2, -0.15) is 5.26 Å². The summed E-state index contributed by atoms with van der Waals surface area (Å²) in [6.07, 6.45) is 5.21. The Hall–Kier alpha value is -1.86. The van der Waals surface area contributed by atoms with Gasteiger partial charge < -0.3 is 10.2 Å². The van der Waals surface area contributed by atoms with Gasteiger partial charge in [0.05, 0.1) is 11.6 Å². The Morgan fingerprint density at radius 3 is 3.05 bits per heavy atom. The highest BCUT2D eigenvalue weighted by Crippen LogP contribution is 2.13. The number of nitriles is 1. The molecular formula is C17H23N3O. The van der Waals surface area contributed by atoms with E-state index in [1.165, 1.54) is 19.3 Å². The number of nitrogens with one attached hydrogen (secondary N) is 1. The van der Waals surface area contributed by atoms with Gasteiger partial charge in [-0.3, -0.25) is 4.79 Å². The van der Waals surface area contributed by atoms with Gasteiger partial charge in [-0.05, 0) is 43.5 Å². The Bertz CT molecular complexity index is 515. The number of nitrogens with zero attached hydrogens (tertiary/aromatic N) is 2. The SMILES string of the molecule is CN(Cc1cccc(C#N)c1)C(=O)CCC1CCCCN1. The summed E-state index contributed by atoms with van der Waals surface area (Å²) in [4.78, 5) is 13.9. The molecule has 1 aromatic carbocycles. The molecule has 0 aromatic heterocycles. The highest BCUT2D eigenvalue weighted by atomic mass is 16.2. The largest absolute Gasteiger partial charge is 0.341 e. The summed E-state index contributed by atoms with van der Waals surface area (Å²) in [7, 11) is 1.83. The fourth-order valence-corrected chi connectivity index (χ4v) is 2.76. The van der Waals surface area contributed by atoms with Gasteiger partial charge in [0.2, 0.25) is 5.91 Å². The van der Waals surface area contributed by atoms with Crippen LogP contribution in [0.4, 0.5) is 0 Å². The van der Waals surface area contributed by atoms with Crippen LogP contribution in [-0.4, -0.2) is 30.4 Å². The third-order valence-electron chi connectivity index (χ3n) is 4.02. The molecule has 4 heteroatoms. The summed E-state index contributed by atoms with van der Waals surface area (Å²) in [5.74, 6) is 0.171. The first-order chi connectivity index (χ1) is 10.2. The molecule has 1 aliphatic rings. The highest BCUT2D eigenvalue weighted by Gasteiger charge is 2.16. The van der Waals surface area contributed by atoms with Crippen LogP contribution in [0, 0.1) is 11.3 Å². The zero-order valence-electron chi connectivity index (χ0n) is 12.6. The number of benzene rings is 1. The maximum atomic E-state index is 12.2. The standard InChI is InChI=1S/C17H23N3O/c1-20(13-15-6-4-5-14(11-15)12-18)17(21)9-8-16-7-2-3-10-19-16/h4-6,11,16,19H,2-3,7-10,13H2,1H3. The molecule has 1 fully saturated rings. The highest BCUT2D eigenvalue weighted by molar-refractivity contribution is 5.75. The third-order valence-corrected chi connectivity index (χ3v) is 4.02. The topological polar surface area (TPSA) is 56.1 Å². The predicted molar refractivity (Wildman–Crippen MR) is 82.5 cm³/mol. The Morgan fingerprint density at radius 1 is 1.48 bits per heavy atom.